The van der Waals surface area contributed by atoms with Gasteiger partial charge in [0.2, 0.25) is 11.3 Å². The number of rotatable bonds is 4. The molecule has 2 amide bonds. The van der Waals surface area contributed by atoms with Crippen molar-refractivity contribution in [2.45, 2.75) is 25.7 Å². The zero-order valence-electron chi connectivity index (χ0n) is 14.8. The average molecular weight is 345 g/mol. The zero-order chi connectivity index (χ0) is 18.2. The Morgan fingerprint density at radius 2 is 2.04 bits per heavy atom. The normalized spacial score (nSPS) is 16.1. The lowest BCUT2D eigenvalue weighted by atomic mass is 9.84. The number of aromatic nitrogens is 3. The van der Waals surface area contributed by atoms with Crippen LogP contribution in [0.2, 0.25) is 0 Å². The van der Waals surface area contributed by atoms with E-state index in [9.17, 15) is 14.4 Å². The van der Waals surface area contributed by atoms with Crippen LogP contribution in [0.15, 0.2) is 17.2 Å². The predicted molar refractivity (Wildman–Crippen MR) is 93.3 cm³/mol. The molecule has 2 heterocycles. The average Bonchev–Trinajstić information content (AvgIpc) is 3.21. The molecule has 25 heavy (non-hydrogen) atoms. The SMILES string of the molecule is CN(C)C(=O)C1(CNC(=O)c2c[nH]c3c(cnn3C)c2=O)CCCC1. The molecule has 0 aromatic carbocycles. The maximum absolute atomic E-state index is 12.6. The molecule has 0 atom stereocenters. The van der Waals surface area contributed by atoms with Crippen LogP contribution in [0.3, 0.4) is 0 Å². The Morgan fingerprint density at radius 3 is 2.68 bits per heavy atom. The van der Waals surface area contributed by atoms with Crippen LogP contribution in [0.25, 0.3) is 11.0 Å². The van der Waals surface area contributed by atoms with Crippen molar-refractivity contribution in [2.24, 2.45) is 12.5 Å². The van der Waals surface area contributed by atoms with Crippen molar-refractivity contribution in [1.82, 2.24) is 25.0 Å². The first-order valence-corrected chi connectivity index (χ1v) is 8.39. The van der Waals surface area contributed by atoms with Crippen LogP contribution >= 0.6 is 0 Å². The number of pyridine rings is 1. The van der Waals surface area contributed by atoms with Crippen LogP contribution < -0.4 is 10.7 Å². The van der Waals surface area contributed by atoms with Crippen molar-refractivity contribution in [3.8, 4) is 0 Å². The highest BCUT2D eigenvalue weighted by molar-refractivity contribution is 5.97. The molecule has 0 unspecified atom stereocenters. The maximum Gasteiger partial charge on any atom is 0.256 e. The van der Waals surface area contributed by atoms with Crippen LogP contribution in [0.1, 0.15) is 36.0 Å². The number of aromatic amines is 1. The Bertz CT molecular complexity index is 874. The van der Waals surface area contributed by atoms with Gasteiger partial charge in [-0.15, -0.1) is 0 Å². The predicted octanol–water partition coefficient (Wildman–Crippen LogP) is 0.640. The third-order valence-corrected chi connectivity index (χ3v) is 5.03. The van der Waals surface area contributed by atoms with E-state index in [2.05, 4.69) is 15.4 Å². The Morgan fingerprint density at radius 1 is 1.36 bits per heavy atom. The summed E-state index contributed by atoms with van der Waals surface area (Å²) in [4.78, 5) is 42.1. The first-order valence-electron chi connectivity index (χ1n) is 8.39. The lowest BCUT2D eigenvalue weighted by Gasteiger charge is -2.30. The smallest absolute Gasteiger partial charge is 0.256 e. The fourth-order valence-electron chi connectivity index (χ4n) is 3.63. The van der Waals surface area contributed by atoms with E-state index in [1.165, 1.54) is 12.4 Å². The molecule has 2 N–H and O–H groups in total. The van der Waals surface area contributed by atoms with E-state index in [0.29, 0.717) is 11.0 Å². The summed E-state index contributed by atoms with van der Waals surface area (Å²) in [6.45, 7) is 0.243. The third-order valence-electron chi connectivity index (χ3n) is 5.03. The molecular formula is C17H23N5O3. The number of hydrogen-bond acceptors (Lipinski definition) is 4. The molecule has 2 aromatic heterocycles. The van der Waals surface area contributed by atoms with E-state index in [4.69, 9.17) is 0 Å². The molecule has 1 fully saturated rings. The minimum atomic E-state index is -0.565. The lowest BCUT2D eigenvalue weighted by molar-refractivity contribution is -0.138. The number of carbonyl (C=O) groups excluding carboxylic acids is 2. The zero-order valence-corrected chi connectivity index (χ0v) is 14.8. The number of aryl methyl sites for hydroxylation is 1. The summed E-state index contributed by atoms with van der Waals surface area (Å²) in [5, 5.41) is 7.19. The molecule has 134 valence electrons. The molecule has 8 heteroatoms. The monoisotopic (exact) mass is 345 g/mol. The van der Waals surface area contributed by atoms with Crippen LogP contribution in [-0.2, 0) is 11.8 Å². The molecule has 1 saturated carbocycles. The number of carbonyl (C=O) groups is 2. The number of hydrogen-bond donors (Lipinski definition) is 2. The van der Waals surface area contributed by atoms with Crippen LogP contribution in [-0.4, -0.2) is 52.1 Å². The van der Waals surface area contributed by atoms with Gasteiger partial charge in [-0.05, 0) is 12.8 Å². The first-order chi connectivity index (χ1) is 11.9. The second-order valence-electron chi connectivity index (χ2n) is 6.93. The fraction of sp³-hybridized carbons (Fsp3) is 0.529. The summed E-state index contributed by atoms with van der Waals surface area (Å²) in [7, 11) is 5.17. The minimum Gasteiger partial charge on any atom is -0.351 e. The molecule has 1 aliphatic rings. The minimum absolute atomic E-state index is 0.0296. The third kappa shape index (κ3) is 2.92. The molecule has 0 spiro atoms. The van der Waals surface area contributed by atoms with Crippen LogP contribution in [0.5, 0.6) is 0 Å². The van der Waals surface area contributed by atoms with E-state index < -0.39 is 11.3 Å². The van der Waals surface area contributed by atoms with Crippen molar-refractivity contribution in [3.63, 3.8) is 0 Å². The maximum atomic E-state index is 12.6. The molecule has 8 nitrogen and oxygen atoms in total. The van der Waals surface area contributed by atoms with E-state index in [1.807, 2.05) is 0 Å². The molecule has 0 bridgehead atoms. The molecule has 1 aliphatic carbocycles. The molecule has 0 radical (unpaired) electrons. The molecule has 3 rings (SSSR count). The highest BCUT2D eigenvalue weighted by Crippen LogP contribution is 2.38. The largest absolute Gasteiger partial charge is 0.351 e. The molecule has 2 aromatic rings. The van der Waals surface area contributed by atoms with Crippen molar-refractivity contribution in [1.29, 1.82) is 0 Å². The molecular weight excluding hydrogens is 322 g/mol. The number of nitrogens with one attached hydrogen (secondary N) is 2. The van der Waals surface area contributed by atoms with Gasteiger partial charge < -0.3 is 15.2 Å². The summed E-state index contributed by atoms with van der Waals surface area (Å²) < 4.78 is 1.54. The van der Waals surface area contributed by atoms with Gasteiger partial charge in [-0.25, -0.2) is 0 Å². The molecule has 0 saturated heterocycles. The summed E-state index contributed by atoms with van der Waals surface area (Å²) >= 11 is 0. The highest BCUT2D eigenvalue weighted by atomic mass is 16.2. The summed E-state index contributed by atoms with van der Waals surface area (Å²) in [6.07, 6.45) is 6.29. The fourth-order valence-corrected chi connectivity index (χ4v) is 3.63. The van der Waals surface area contributed by atoms with E-state index in [-0.39, 0.29) is 23.4 Å². The Labute approximate surface area is 145 Å². The van der Waals surface area contributed by atoms with Crippen molar-refractivity contribution >= 4 is 22.8 Å². The number of fused-ring (bicyclic) bond motifs is 1. The number of H-pyrrole nitrogens is 1. The summed E-state index contributed by atoms with van der Waals surface area (Å²) in [6, 6.07) is 0. The van der Waals surface area contributed by atoms with Crippen molar-refractivity contribution in [3.05, 3.63) is 28.2 Å². The van der Waals surface area contributed by atoms with E-state index in [0.717, 1.165) is 25.7 Å². The van der Waals surface area contributed by atoms with E-state index >= 15 is 0 Å². The van der Waals surface area contributed by atoms with Gasteiger partial charge in [0.05, 0.1) is 17.0 Å². The van der Waals surface area contributed by atoms with Gasteiger partial charge in [0.15, 0.2) is 0 Å². The number of amides is 2. The molecule has 0 aliphatic heterocycles. The standard InChI is InChI=1S/C17H23N5O3/c1-21(2)16(25)17(6-4-5-7-17)10-19-15(24)12-8-18-14-11(13(12)23)9-20-22(14)3/h8-9H,4-7,10H2,1-3H3,(H,18,23)(H,19,24). The van der Waals surface area contributed by atoms with Gasteiger partial charge >= 0.3 is 0 Å². The van der Waals surface area contributed by atoms with Gasteiger partial charge in [0.25, 0.3) is 5.91 Å². The number of nitrogens with zero attached hydrogens (tertiary/aromatic N) is 3. The Balaban J connectivity index is 1.81. The first kappa shape index (κ1) is 17.2. The second kappa shape index (κ2) is 6.34. The highest BCUT2D eigenvalue weighted by Gasteiger charge is 2.42. The van der Waals surface area contributed by atoms with Gasteiger partial charge in [0, 0.05) is 33.9 Å². The van der Waals surface area contributed by atoms with Gasteiger partial charge in [-0.2, -0.15) is 5.10 Å². The quantitative estimate of drug-likeness (QED) is 0.849. The van der Waals surface area contributed by atoms with Gasteiger partial charge in [-0.3, -0.25) is 19.1 Å². The van der Waals surface area contributed by atoms with Gasteiger partial charge in [0.1, 0.15) is 11.2 Å². The summed E-state index contributed by atoms with van der Waals surface area (Å²) in [5.74, 6) is -0.438. The van der Waals surface area contributed by atoms with Gasteiger partial charge in [-0.1, -0.05) is 12.8 Å². The van der Waals surface area contributed by atoms with Crippen LogP contribution in [0, 0.1) is 5.41 Å². The second-order valence-corrected chi connectivity index (χ2v) is 6.93. The summed E-state index contributed by atoms with van der Waals surface area (Å²) in [5.41, 5.74) is -0.328. The van der Waals surface area contributed by atoms with E-state index in [1.54, 1.807) is 30.7 Å². The topological polar surface area (TPSA) is 100 Å². The Kier molecular flexibility index (Phi) is 4.36. The van der Waals surface area contributed by atoms with Crippen molar-refractivity contribution in [2.75, 3.05) is 20.6 Å². The van der Waals surface area contributed by atoms with Crippen molar-refractivity contribution < 1.29 is 9.59 Å². The Hall–Kier alpha value is -2.64. The van der Waals surface area contributed by atoms with Crippen LogP contribution in [0.4, 0.5) is 0 Å². The lowest BCUT2D eigenvalue weighted by Crippen LogP contribution is -2.47.